The Morgan fingerprint density at radius 2 is 1.91 bits per heavy atom. The molecule has 1 atom stereocenters. The van der Waals surface area contributed by atoms with Crippen LogP contribution >= 0.6 is 11.3 Å². The SMILES string of the molecule is CCOc1ccc([C@H]2c3c(oc4ccccc4c3=O)C(=O)N2c2nnc(C(C)C)s2)cc1OC. The number of carbonyl (C=O) groups excluding carboxylic acids is 1. The summed E-state index contributed by atoms with van der Waals surface area (Å²) in [6, 6.07) is 11.6. The second kappa shape index (κ2) is 8.57. The van der Waals surface area contributed by atoms with E-state index in [0.29, 0.717) is 39.8 Å². The Hall–Kier alpha value is -3.72. The van der Waals surface area contributed by atoms with Crippen LogP contribution in [-0.2, 0) is 0 Å². The molecule has 0 N–H and O–H groups in total. The number of fused-ring (bicyclic) bond motifs is 2. The minimum atomic E-state index is -0.749. The molecule has 2 aromatic carbocycles. The van der Waals surface area contributed by atoms with Gasteiger partial charge in [-0.15, -0.1) is 10.2 Å². The van der Waals surface area contributed by atoms with Crippen LogP contribution in [0, 0.1) is 0 Å². The summed E-state index contributed by atoms with van der Waals surface area (Å²) in [6.07, 6.45) is 0. The summed E-state index contributed by atoms with van der Waals surface area (Å²) in [6.45, 7) is 6.39. The number of carbonyl (C=O) groups is 1. The Bertz CT molecular complexity index is 1460. The highest BCUT2D eigenvalue weighted by Crippen LogP contribution is 2.44. The van der Waals surface area contributed by atoms with Crippen molar-refractivity contribution in [1.29, 1.82) is 0 Å². The predicted octanol–water partition coefficient (Wildman–Crippen LogP) is 4.93. The zero-order chi connectivity index (χ0) is 24.0. The second-order valence-electron chi connectivity index (χ2n) is 8.17. The average Bonchev–Trinajstić information content (AvgIpc) is 3.43. The number of methoxy groups -OCH3 is 1. The molecule has 0 saturated carbocycles. The smallest absolute Gasteiger partial charge is 0.297 e. The van der Waals surface area contributed by atoms with Crippen molar-refractivity contribution >= 4 is 33.3 Å². The topological polar surface area (TPSA) is 94.8 Å². The molecule has 0 spiro atoms. The molecule has 0 aliphatic carbocycles. The fourth-order valence-corrected chi connectivity index (χ4v) is 4.99. The molecule has 0 bridgehead atoms. The van der Waals surface area contributed by atoms with E-state index in [-0.39, 0.29) is 22.7 Å². The molecule has 5 rings (SSSR count). The molecular weight excluding hydrogens is 454 g/mol. The van der Waals surface area contributed by atoms with Gasteiger partial charge in [0.05, 0.1) is 30.7 Å². The van der Waals surface area contributed by atoms with Gasteiger partial charge in [-0.2, -0.15) is 0 Å². The molecule has 1 aliphatic heterocycles. The average molecular weight is 478 g/mol. The van der Waals surface area contributed by atoms with Gasteiger partial charge in [0, 0.05) is 5.92 Å². The number of hydrogen-bond donors (Lipinski definition) is 0. The molecule has 1 amide bonds. The highest BCUT2D eigenvalue weighted by Gasteiger charge is 2.45. The Balaban J connectivity index is 1.76. The third kappa shape index (κ3) is 3.43. The van der Waals surface area contributed by atoms with E-state index in [0.717, 1.165) is 5.01 Å². The molecule has 0 fully saturated rings. The van der Waals surface area contributed by atoms with E-state index >= 15 is 0 Å². The maximum atomic E-state index is 13.7. The van der Waals surface area contributed by atoms with Crippen molar-refractivity contribution in [2.45, 2.75) is 32.7 Å². The zero-order valence-electron chi connectivity index (χ0n) is 19.2. The van der Waals surface area contributed by atoms with Gasteiger partial charge in [-0.1, -0.05) is 43.4 Å². The maximum absolute atomic E-state index is 13.7. The lowest BCUT2D eigenvalue weighted by Gasteiger charge is -2.23. The van der Waals surface area contributed by atoms with Crippen molar-refractivity contribution in [2.24, 2.45) is 0 Å². The number of hydrogen-bond acceptors (Lipinski definition) is 8. The number of rotatable bonds is 6. The standard InChI is InChI=1S/C25H23N3O5S/c1-5-32-17-11-10-14(12-18(17)31-4)20-19-21(29)15-8-6-7-9-16(15)33-22(19)24(30)28(20)25-27-26-23(34-25)13(2)3/h6-13,20H,5H2,1-4H3/t20-/m0/s1. The molecule has 1 aliphatic rings. The van der Waals surface area contributed by atoms with Crippen molar-refractivity contribution in [1.82, 2.24) is 10.2 Å². The van der Waals surface area contributed by atoms with Crippen molar-refractivity contribution in [3.05, 3.63) is 74.6 Å². The molecule has 8 nitrogen and oxygen atoms in total. The first-order valence-electron chi connectivity index (χ1n) is 11.0. The predicted molar refractivity (Wildman–Crippen MR) is 129 cm³/mol. The van der Waals surface area contributed by atoms with E-state index in [4.69, 9.17) is 13.9 Å². The quantitative estimate of drug-likeness (QED) is 0.389. The Kier molecular flexibility index (Phi) is 5.57. The summed E-state index contributed by atoms with van der Waals surface area (Å²) in [5, 5.41) is 10.2. The van der Waals surface area contributed by atoms with Gasteiger partial charge < -0.3 is 13.9 Å². The lowest BCUT2D eigenvalue weighted by molar-refractivity contribution is 0.0970. The van der Waals surface area contributed by atoms with Gasteiger partial charge in [0.25, 0.3) is 5.91 Å². The van der Waals surface area contributed by atoms with Crippen LogP contribution in [0.3, 0.4) is 0 Å². The van der Waals surface area contributed by atoms with Gasteiger partial charge in [-0.3, -0.25) is 14.5 Å². The maximum Gasteiger partial charge on any atom is 0.297 e. The number of nitrogens with zero attached hydrogens (tertiary/aromatic N) is 3. The van der Waals surface area contributed by atoms with Crippen LogP contribution in [0.1, 0.15) is 59.4 Å². The Morgan fingerprint density at radius 1 is 1.12 bits per heavy atom. The molecule has 0 unspecified atom stereocenters. The van der Waals surface area contributed by atoms with E-state index in [1.807, 2.05) is 26.8 Å². The lowest BCUT2D eigenvalue weighted by atomic mass is 9.98. The summed E-state index contributed by atoms with van der Waals surface area (Å²) >= 11 is 1.33. The van der Waals surface area contributed by atoms with E-state index in [9.17, 15) is 9.59 Å². The third-order valence-electron chi connectivity index (χ3n) is 5.71. The van der Waals surface area contributed by atoms with E-state index in [1.165, 1.54) is 16.2 Å². The second-order valence-corrected chi connectivity index (χ2v) is 9.16. The van der Waals surface area contributed by atoms with Gasteiger partial charge >= 0.3 is 0 Å². The number of ether oxygens (including phenoxy) is 2. The van der Waals surface area contributed by atoms with Crippen LogP contribution < -0.4 is 19.8 Å². The Labute approximate surface area is 199 Å². The first-order valence-corrected chi connectivity index (χ1v) is 11.8. The molecule has 174 valence electrons. The van der Waals surface area contributed by atoms with Crippen LogP contribution in [0.15, 0.2) is 51.7 Å². The summed E-state index contributed by atoms with van der Waals surface area (Å²) < 4.78 is 17.2. The fraction of sp³-hybridized carbons (Fsp3) is 0.280. The molecule has 34 heavy (non-hydrogen) atoms. The number of anilines is 1. The van der Waals surface area contributed by atoms with Gasteiger partial charge in [-0.25, -0.2) is 0 Å². The minimum Gasteiger partial charge on any atom is -0.493 e. The van der Waals surface area contributed by atoms with Crippen LogP contribution in [-0.4, -0.2) is 29.8 Å². The first-order chi connectivity index (χ1) is 16.4. The zero-order valence-corrected chi connectivity index (χ0v) is 20.0. The first kappa shape index (κ1) is 22.1. The lowest BCUT2D eigenvalue weighted by Crippen LogP contribution is -2.29. The fourth-order valence-electron chi connectivity index (χ4n) is 4.12. The van der Waals surface area contributed by atoms with Crippen molar-refractivity contribution in [2.75, 3.05) is 18.6 Å². The number of para-hydroxylation sites is 1. The van der Waals surface area contributed by atoms with Crippen molar-refractivity contribution in [3.8, 4) is 11.5 Å². The molecule has 3 heterocycles. The molecule has 0 radical (unpaired) electrons. The molecule has 4 aromatic rings. The van der Waals surface area contributed by atoms with Crippen LogP contribution in [0.25, 0.3) is 11.0 Å². The number of amides is 1. The molecule has 2 aromatic heterocycles. The van der Waals surface area contributed by atoms with E-state index in [2.05, 4.69) is 10.2 Å². The minimum absolute atomic E-state index is 0.0165. The molecule has 9 heteroatoms. The van der Waals surface area contributed by atoms with Crippen LogP contribution in [0.4, 0.5) is 5.13 Å². The van der Waals surface area contributed by atoms with Gasteiger partial charge in [0.15, 0.2) is 16.9 Å². The van der Waals surface area contributed by atoms with Crippen LogP contribution in [0.2, 0.25) is 0 Å². The van der Waals surface area contributed by atoms with Crippen LogP contribution in [0.5, 0.6) is 11.5 Å². The third-order valence-corrected chi connectivity index (χ3v) is 6.93. The monoisotopic (exact) mass is 477 g/mol. The molecule has 0 saturated heterocycles. The van der Waals surface area contributed by atoms with Crippen molar-refractivity contribution in [3.63, 3.8) is 0 Å². The molecular formula is C25H23N3O5S. The largest absolute Gasteiger partial charge is 0.493 e. The summed E-state index contributed by atoms with van der Waals surface area (Å²) in [4.78, 5) is 28.8. The van der Waals surface area contributed by atoms with E-state index in [1.54, 1.807) is 43.5 Å². The summed E-state index contributed by atoms with van der Waals surface area (Å²) in [7, 11) is 1.55. The highest BCUT2D eigenvalue weighted by molar-refractivity contribution is 7.15. The van der Waals surface area contributed by atoms with Gasteiger partial charge in [0.1, 0.15) is 10.6 Å². The normalized spacial score (nSPS) is 15.3. The Morgan fingerprint density at radius 3 is 2.62 bits per heavy atom. The number of aromatic nitrogens is 2. The van der Waals surface area contributed by atoms with E-state index < -0.39 is 11.9 Å². The highest BCUT2D eigenvalue weighted by atomic mass is 32.1. The van der Waals surface area contributed by atoms with Gasteiger partial charge in [-0.05, 0) is 36.8 Å². The summed E-state index contributed by atoms with van der Waals surface area (Å²) in [5.74, 6) is 0.821. The van der Waals surface area contributed by atoms with Crippen molar-refractivity contribution < 1.29 is 18.7 Å². The number of benzene rings is 2. The summed E-state index contributed by atoms with van der Waals surface area (Å²) in [5.41, 5.74) is 1.07. The van der Waals surface area contributed by atoms with Gasteiger partial charge in [0.2, 0.25) is 10.9 Å².